The second-order valence-electron chi connectivity index (χ2n) is 31.7. The van der Waals surface area contributed by atoms with Gasteiger partial charge in [0.25, 0.3) is 0 Å². The van der Waals surface area contributed by atoms with Gasteiger partial charge in [-0.15, -0.1) is 0 Å². The molecule has 14 amide bonds. The second kappa shape index (κ2) is 55.5. The molecule has 1 aliphatic rings. The Morgan fingerprint density at radius 2 is 0.906 bits per heavy atom. The average Bonchev–Trinajstić information content (AvgIpc) is 1.82. The number of nitrogens with one attached hydrogen (secondary N) is 20. The van der Waals surface area contributed by atoms with Crippen molar-refractivity contribution in [2.45, 2.75) is 249 Å². The van der Waals surface area contributed by atoms with Gasteiger partial charge in [-0.1, -0.05) is 103 Å². The van der Waals surface area contributed by atoms with Gasteiger partial charge in [-0.2, -0.15) is 0 Å². The van der Waals surface area contributed by atoms with Crippen LogP contribution >= 0.6 is 0 Å². The Kier molecular flexibility index (Phi) is 46.6. The molecule has 0 unspecified atom stereocenters. The molecule has 0 aliphatic carbocycles. The minimum atomic E-state index is -1.74. The van der Waals surface area contributed by atoms with Crippen molar-refractivity contribution in [1.82, 2.24) is 99.9 Å². The van der Waals surface area contributed by atoms with Crippen LogP contribution in [0.15, 0.2) is 67.1 Å². The Hall–Kier alpha value is -12.8. The minimum Gasteiger partial charge on any atom is -0.508 e. The highest BCUT2D eigenvalue weighted by Crippen LogP contribution is 2.21. The Labute approximate surface area is 738 Å². The highest BCUT2D eigenvalue weighted by Gasteiger charge is 2.41. The van der Waals surface area contributed by atoms with Crippen molar-refractivity contribution in [3.63, 3.8) is 0 Å². The van der Waals surface area contributed by atoms with Gasteiger partial charge in [0.15, 0.2) is 23.9 Å². The maximum Gasteiger partial charge on any atom is 0.328 e. The monoisotopic (exact) mass is 1780 g/mol. The number of amides is 14. The molecule has 4 rings (SSSR count). The summed E-state index contributed by atoms with van der Waals surface area (Å²) < 4.78 is 0. The van der Waals surface area contributed by atoms with Crippen LogP contribution in [0.5, 0.6) is 5.75 Å². The number of nitrogens with zero attached hydrogens (tertiary/aromatic N) is 2. The fourth-order valence-corrected chi connectivity index (χ4v) is 13.5. The number of guanidine groups is 3. The summed E-state index contributed by atoms with van der Waals surface area (Å²) in [6, 6.07) is -3.85. The first-order chi connectivity index (χ1) is 60.2. The molecule has 45 heteroatoms. The average molecular weight is 1790 g/mol. The number of aromatic hydroxyl groups is 1. The van der Waals surface area contributed by atoms with Gasteiger partial charge in [-0.05, 0) is 132 Å². The Balaban J connectivity index is 1.49. The number of imidazole rings is 1. The van der Waals surface area contributed by atoms with Crippen LogP contribution in [0, 0.1) is 34.0 Å². The quantitative estimate of drug-likeness (QED) is 0.0142. The standard InChI is InChI=1S/C82H133N27O18/c1-9-44(4)63(105-74(121)59(39-51-40-91-43-97-51)104-77(124)64(45(5)10-2)106-71(118)56(26-19-35-94-82(89)90)101-70(117)55(24-15-16-32-83)100-68(115)53(84)23-17-33-92-80(85)86)76(123)96-42-62(113)109-36-20-27-60(109)75(122)95-41-61(112)99-54(25-18-34-93-81(87)88)69(116)98-47(7)67(114)102-57(37-49-21-13-12-14-22-49)72(119)103-58(38-50-28-30-52(111)31-29-50)73(120)107-65(46(6)11-3)78(125)108-66(48(8)110)79(126)127/h12-14,21-22,28-31,40,43-48,53-60,63-66,110-111H,9-11,15-20,23-27,32-39,41-42,83-84H2,1-8H3,(H,91,97)(H,95,122)(H,96,123)(H,98,116)(H,99,112)(H,100,115)(H,101,117)(H,102,114)(H,103,119)(H,104,124)(H,105,121)(H,106,118)(H,107,120)(H,108,125)(H,126,127)(H4,85,86,92)(H4,87,88,93)(H4,89,90,94)/t44-,45-,46-,47-,48+,53-,54-,55-,56-,57-,58-,59-,60-,63-,64-,65-,66-/m0/s1. The van der Waals surface area contributed by atoms with Crippen molar-refractivity contribution < 1.29 is 87.2 Å². The van der Waals surface area contributed by atoms with E-state index in [1.165, 1.54) is 48.6 Å². The van der Waals surface area contributed by atoms with Gasteiger partial charge >= 0.3 is 5.97 Å². The molecule has 1 aromatic heterocycles. The van der Waals surface area contributed by atoms with E-state index in [9.17, 15) is 87.2 Å². The predicted octanol–water partition coefficient (Wildman–Crippen LogP) is -5.43. The molecule has 1 aliphatic heterocycles. The number of carbonyl (C=O) groups excluding carboxylic acids is 14. The molecule has 45 nitrogen and oxygen atoms in total. The lowest BCUT2D eigenvalue weighted by atomic mass is 9.96. The third-order valence-electron chi connectivity index (χ3n) is 21.6. The summed E-state index contributed by atoms with van der Waals surface area (Å²) in [6.07, 6.45) is 3.60. The molecule has 2 heterocycles. The summed E-state index contributed by atoms with van der Waals surface area (Å²) >= 11 is 0. The predicted molar refractivity (Wildman–Crippen MR) is 468 cm³/mol. The van der Waals surface area contributed by atoms with Gasteiger partial charge in [-0.3, -0.25) is 83.4 Å². The smallest absolute Gasteiger partial charge is 0.328 e. The molecule has 0 bridgehead atoms. The number of phenolic OH excluding ortho intramolecular Hbond substituents is 1. The van der Waals surface area contributed by atoms with Crippen molar-refractivity contribution >= 4 is 107 Å². The summed E-state index contributed by atoms with van der Waals surface area (Å²) in [7, 11) is 0. The van der Waals surface area contributed by atoms with E-state index in [4.69, 9.17) is 44.9 Å². The van der Waals surface area contributed by atoms with Crippen LogP contribution in [0.3, 0.4) is 0 Å². The number of aromatic nitrogens is 2. The largest absolute Gasteiger partial charge is 0.508 e. The Morgan fingerprint density at radius 1 is 0.480 bits per heavy atom. The summed E-state index contributed by atoms with van der Waals surface area (Å²) in [6.45, 7) is 12.0. The van der Waals surface area contributed by atoms with Crippen LogP contribution in [0.4, 0.5) is 0 Å². The number of carboxylic acid groups (broad SMARTS) is 1. The summed E-state index contributed by atoms with van der Waals surface area (Å²) in [5.74, 6) is -16.2. The summed E-state index contributed by atoms with van der Waals surface area (Å²) in [5.41, 5.74) is 29.6. The Morgan fingerprint density at radius 3 is 1.40 bits per heavy atom. The lowest BCUT2D eigenvalue weighted by Crippen LogP contribution is -2.61. The van der Waals surface area contributed by atoms with Crippen LogP contribution in [0.1, 0.15) is 162 Å². The van der Waals surface area contributed by atoms with Gasteiger partial charge in [0.2, 0.25) is 82.7 Å². The number of nitrogens with two attached hydrogens (primary N) is 5. The van der Waals surface area contributed by atoms with Crippen LogP contribution in [-0.2, 0) is 91.2 Å². The fourth-order valence-electron chi connectivity index (χ4n) is 13.5. The molecule has 0 radical (unpaired) electrons. The maximum atomic E-state index is 14.7. The van der Waals surface area contributed by atoms with E-state index in [0.29, 0.717) is 61.8 Å². The number of hydrogen-bond acceptors (Lipinski definition) is 23. The van der Waals surface area contributed by atoms with E-state index in [1.807, 2.05) is 0 Å². The van der Waals surface area contributed by atoms with Gasteiger partial charge in [-0.25, -0.2) is 9.78 Å². The zero-order chi connectivity index (χ0) is 94.6. The number of aliphatic carboxylic acids is 1. The first-order valence-electron chi connectivity index (χ1n) is 42.8. The normalized spacial score (nSPS) is 16.1. The summed E-state index contributed by atoms with van der Waals surface area (Å²) in [4.78, 5) is 219. The molecule has 3 aromatic rings. The maximum absolute atomic E-state index is 14.7. The third-order valence-corrected chi connectivity index (χ3v) is 21.6. The molecule has 17 atom stereocenters. The van der Waals surface area contributed by atoms with Gasteiger partial charge in [0.05, 0.1) is 37.3 Å². The number of hydrogen-bond donors (Lipinski definition) is 28. The van der Waals surface area contributed by atoms with Crippen molar-refractivity contribution in [2.75, 3.05) is 45.8 Å². The number of rotatable bonds is 57. The molecule has 2 aromatic carbocycles. The van der Waals surface area contributed by atoms with Crippen molar-refractivity contribution in [3.05, 3.63) is 83.9 Å². The number of aliphatic hydroxyl groups is 1. The molecular weight excluding hydrogens is 1650 g/mol. The number of aromatic amines is 1. The third kappa shape index (κ3) is 37.9. The van der Waals surface area contributed by atoms with E-state index in [2.05, 4.69) is 95.0 Å². The SMILES string of the molecule is CC[C@H](C)[C@H](NC(=O)[C@H](Cc1c[nH]cn1)NC(=O)[C@@H](NC(=O)[C@H](CCCNC(=N)N)NC(=O)[C@H](CCCCN)NC(=O)[C@@H](N)CCCNC(=N)N)[C@@H](C)CC)C(=O)NCC(=O)N1CCC[C@H]1C(=O)NCC(=O)N[C@@H](CCCNC(=N)N)C(=O)N[C@@H](C)C(=O)N[C@@H](Cc1ccccc1)C(=O)N[C@@H](Cc1ccc(O)cc1)C(=O)N[C@H](C(=O)N[C@H](C(=O)O)[C@@H](C)O)[C@@H](C)CC. The topological polar surface area (TPSA) is 743 Å². The van der Waals surface area contributed by atoms with Crippen molar-refractivity contribution in [2.24, 2.45) is 46.4 Å². The number of benzene rings is 2. The van der Waals surface area contributed by atoms with Crippen LogP contribution in [0.2, 0.25) is 0 Å². The molecule has 33 N–H and O–H groups in total. The summed E-state index contributed by atoms with van der Waals surface area (Å²) in [5, 5.41) is 94.5. The van der Waals surface area contributed by atoms with E-state index in [-0.39, 0.29) is 115 Å². The van der Waals surface area contributed by atoms with Crippen molar-refractivity contribution in [3.8, 4) is 5.75 Å². The number of aliphatic hydroxyl groups excluding tert-OH is 1. The van der Waals surface area contributed by atoms with Crippen molar-refractivity contribution in [1.29, 1.82) is 16.2 Å². The van der Waals surface area contributed by atoms with Gasteiger partial charge < -0.3 is 139 Å². The van der Waals surface area contributed by atoms with Gasteiger partial charge in [0, 0.05) is 51.6 Å². The first kappa shape index (κ1) is 107. The molecule has 127 heavy (non-hydrogen) atoms. The molecule has 1 fully saturated rings. The molecule has 1 saturated heterocycles. The second-order valence-corrected chi connectivity index (χ2v) is 31.7. The number of likely N-dealkylation sites (tertiary alicyclic amines) is 1. The molecular formula is C82H133N27O18. The van der Waals surface area contributed by atoms with E-state index < -0.39 is 210 Å². The number of carbonyl (C=O) groups is 15. The number of phenols is 1. The van der Waals surface area contributed by atoms with E-state index >= 15 is 0 Å². The highest BCUT2D eigenvalue weighted by atomic mass is 16.4. The lowest BCUT2D eigenvalue weighted by molar-refractivity contribution is -0.145. The Bertz CT molecular complexity index is 4150. The number of carboxylic acids is 1. The zero-order valence-electron chi connectivity index (χ0n) is 73.4. The number of unbranched alkanes of at least 4 members (excludes halogenated alkanes) is 1. The minimum absolute atomic E-state index is 0.0473. The molecule has 0 saturated carbocycles. The van der Waals surface area contributed by atoms with Crippen LogP contribution in [-0.4, -0.2) is 267 Å². The van der Waals surface area contributed by atoms with Gasteiger partial charge in [0.1, 0.15) is 72.2 Å². The first-order valence-corrected chi connectivity index (χ1v) is 42.8. The zero-order valence-corrected chi connectivity index (χ0v) is 73.4. The lowest BCUT2D eigenvalue weighted by Gasteiger charge is -2.30. The van der Waals surface area contributed by atoms with Crippen LogP contribution < -0.4 is 114 Å². The molecule has 704 valence electrons. The fraction of sp³-hybridized carbons (Fsp3) is 0.598. The van der Waals surface area contributed by atoms with E-state index in [0.717, 1.165) is 6.92 Å². The number of H-pyrrole nitrogens is 1. The highest BCUT2D eigenvalue weighted by molar-refractivity contribution is 6.00. The van der Waals surface area contributed by atoms with E-state index in [1.54, 1.807) is 71.9 Å². The molecule has 0 spiro atoms. The van der Waals surface area contributed by atoms with Crippen LogP contribution in [0.25, 0.3) is 0 Å².